The van der Waals surface area contributed by atoms with Gasteiger partial charge in [0.25, 0.3) is 0 Å². The van der Waals surface area contributed by atoms with Gasteiger partial charge in [-0.2, -0.15) is 0 Å². The number of aryl methyl sites for hydroxylation is 2. The number of hydrogen-bond acceptors (Lipinski definition) is 5. The van der Waals surface area contributed by atoms with Crippen molar-refractivity contribution in [2.45, 2.75) is 26.7 Å². The second kappa shape index (κ2) is 9.51. The van der Waals surface area contributed by atoms with Crippen LogP contribution in [0.5, 0.6) is 0 Å². The standard InChI is InChI=1S/C20H26N2O5S2/c1-12-7-15(10-18(24)25)20(28-12)16-8-14(13(2)29-16)9-17(23)21-5-6-22(3,4)11-19(26)27/h7-8H,5-6,9-11H2,1-4H3,(H2-,21,23,24,25,26,27)/p+1. The number of nitrogens with zero attached hydrogens (tertiary/aromatic N) is 1. The van der Waals surface area contributed by atoms with Gasteiger partial charge in [0.05, 0.1) is 40.0 Å². The Balaban J connectivity index is 2.01. The molecule has 0 unspecified atom stereocenters. The van der Waals surface area contributed by atoms with Crippen LogP contribution >= 0.6 is 22.7 Å². The first-order chi connectivity index (χ1) is 13.5. The zero-order valence-electron chi connectivity index (χ0n) is 17.1. The van der Waals surface area contributed by atoms with Crippen LogP contribution in [0.2, 0.25) is 0 Å². The average molecular weight is 440 g/mol. The molecule has 0 aliphatic carbocycles. The number of carbonyl (C=O) groups is 3. The van der Waals surface area contributed by atoms with Crippen molar-refractivity contribution in [3.05, 3.63) is 33.0 Å². The van der Waals surface area contributed by atoms with Crippen molar-refractivity contribution >= 4 is 40.5 Å². The van der Waals surface area contributed by atoms with Crippen molar-refractivity contribution in [1.82, 2.24) is 5.32 Å². The molecule has 1 amide bonds. The molecule has 0 bridgehead atoms. The van der Waals surface area contributed by atoms with Gasteiger partial charge < -0.3 is 20.0 Å². The van der Waals surface area contributed by atoms with Crippen LogP contribution in [0, 0.1) is 13.8 Å². The summed E-state index contributed by atoms with van der Waals surface area (Å²) in [4.78, 5) is 38.4. The number of amides is 1. The fourth-order valence-electron chi connectivity index (χ4n) is 3.06. The maximum Gasteiger partial charge on any atom is 0.359 e. The Hall–Kier alpha value is -2.23. The molecule has 2 rings (SSSR count). The molecule has 0 fully saturated rings. The van der Waals surface area contributed by atoms with Crippen LogP contribution in [0.3, 0.4) is 0 Å². The van der Waals surface area contributed by atoms with Gasteiger partial charge in [-0.1, -0.05) is 0 Å². The average Bonchev–Trinajstić information content (AvgIpc) is 3.08. The Morgan fingerprint density at radius 3 is 2.31 bits per heavy atom. The van der Waals surface area contributed by atoms with Crippen LogP contribution in [0.25, 0.3) is 9.75 Å². The second-order valence-corrected chi connectivity index (χ2v) is 10.2. The molecule has 0 aromatic carbocycles. The van der Waals surface area contributed by atoms with E-state index in [9.17, 15) is 14.4 Å². The number of likely N-dealkylation sites (N-methyl/N-ethyl adjacent to an activating group) is 1. The molecule has 158 valence electrons. The number of nitrogens with one attached hydrogen (secondary N) is 1. The fraction of sp³-hybridized carbons (Fsp3) is 0.450. The van der Waals surface area contributed by atoms with Gasteiger partial charge in [0, 0.05) is 19.5 Å². The molecular weight excluding hydrogens is 412 g/mol. The number of carboxylic acids is 2. The smallest absolute Gasteiger partial charge is 0.359 e. The normalized spacial score (nSPS) is 11.4. The summed E-state index contributed by atoms with van der Waals surface area (Å²) in [5.74, 6) is -1.84. The van der Waals surface area contributed by atoms with Crippen molar-refractivity contribution in [3.63, 3.8) is 0 Å². The Morgan fingerprint density at radius 1 is 1.00 bits per heavy atom. The molecule has 0 aliphatic rings. The molecule has 2 aromatic heterocycles. The van der Waals surface area contributed by atoms with Crippen LogP contribution in [0.15, 0.2) is 12.1 Å². The highest BCUT2D eigenvalue weighted by molar-refractivity contribution is 7.22. The van der Waals surface area contributed by atoms with E-state index in [1.54, 1.807) is 22.7 Å². The molecule has 0 spiro atoms. The van der Waals surface area contributed by atoms with E-state index in [1.165, 1.54) is 0 Å². The Bertz CT molecular complexity index is 914. The highest BCUT2D eigenvalue weighted by atomic mass is 32.1. The van der Waals surface area contributed by atoms with Gasteiger partial charge >= 0.3 is 11.9 Å². The molecule has 0 atom stereocenters. The minimum absolute atomic E-state index is 0.00176. The van der Waals surface area contributed by atoms with Crippen LogP contribution in [-0.4, -0.2) is 66.3 Å². The number of aliphatic carboxylic acids is 2. The topological polar surface area (TPSA) is 104 Å². The third kappa shape index (κ3) is 6.95. The van der Waals surface area contributed by atoms with Crippen LogP contribution in [0.4, 0.5) is 0 Å². The van der Waals surface area contributed by atoms with Gasteiger partial charge in [-0.25, -0.2) is 4.79 Å². The van der Waals surface area contributed by atoms with Crippen molar-refractivity contribution < 1.29 is 29.1 Å². The fourth-order valence-corrected chi connectivity index (χ4v) is 5.27. The Kier molecular flexibility index (Phi) is 7.56. The number of carboxylic acid groups (broad SMARTS) is 2. The minimum atomic E-state index is -0.867. The molecule has 7 nitrogen and oxygen atoms in total. The van der Waals surface area contributed by atoms with E-state index >= 15 is 0 Å². The summed E-state index contributed by atoms with van der Waals surface area (Å²) < 4.78 is 0.293. The highest BCUT2D eigenvalue weighted by Crippen LogP contribution is 2.38. The van der Waals surface area contributed by atoms with Crippen molar-refractivity contribution in [1.29, 1.82) is 0 Å². The molecule has 0 saturated heterocycles. The van der Waals surface area contributed by atoms with E-state index < -0.39 is 11.9 Å². The summed E-state index contributed by atoms with van der Waals surface area (Å²) >= 11 is 3.14. The largest absolute Gasteiger partial charge is 0.481 e. The third-order valence-electron chi connectivity index (χ3n) is 4.47. The third-order valence-corrected chi connectivity index (χ3v) is 6.84. The Morgan fingerprint density at radius 2 is 1.69 bits per heavy atom. The predicted octanol–water partition coefficient (Wildman–Crippen LogP) is 2.54. The highest BCUT2D eigenvalue weighted by Gasteiger charge is 2.20. The number of carbonyl (C=O) groups excluding carboxylic acids is 1. The van der Waals surface area contributed by atoms with Gasteiger partial charge in [0.15, 0.2) is 6.54 Å². The van der Waals surface area contributed by atoms with Gasteiger partial charge in [-0.05, 0) is 37.1 Å². The molecule has 2 aromatic rings. The van der Waals surface area contributed by atoms with Gasteiger partial charge in [-0.3, -0.25) is 9.59 Å². The number of rotatable bonds is 10. The van der Waals surface area contributed by atoms with E-state index in [0.29, 0.717) is 17.6 Å². The summed E-state index contributed by atoms with van der Waals surface area (Å²) in [7, 11) is 3.63. The molecule has 9 heteroatoms. The summed E-state index contributed by atoms with van der Waals surface area (Å²) in [6, 6.07) is 3.88. The molecule has 29 heavy (non-hydrogen) atoms. The monoisotopic (exact) mass is 439 g/mol. The van der Waals surface area contributed by atoms with E-state index in [4.69, 9.17) is 10.2 Å². The van der Waals surface area contributed by atoms with E-state index in [1.807, 2.05) is 40.1 Å². The maximum absolute atomic E-state index is 12.3. The lowest BCUT2D eigenvalue weighted by molar-refractivity contribution is -0.881. The SMILES string of the molecule is Cc1cc(CC(=O)O)c(-c2cc(CC(=O)NCC[N+](C)(C)CC(=O)O)c(C)s2)s1. The number of thiophene rings is 2. The first-order valence-corrected chi connectivity index (χ1v) is 10.8. The van der Waals surface area contributed by atoms with Crippen molar-refractivity contribution in [2.75, 3.05) is 33.7 Å². The first-order valence-electron chi connectivity index (χ1n) is 9.18. The molecule has 0 saturated carbocycles. The summed E-state index contributed by atoms with van der Waals surface area (Å²) in [5, 5.41) is 20.9. The quantitative estimate of drug-likeness (QED) is 0.494. The minimum Gasteiger partial charge on any atom is -0.481 e. The molecular formula is C20H27N2O5S2+. The van der Waals surface area contributed by atoms with E-state index in [-0.39, 0.29) is 25.3 Å². The zero-order valence-corrected chi connectivity index (χ0v) is 18.7. The van der Waals surface area contributed by atoms with Crippen LogP contribution in [-0.2, 0) is 27.2 Å². The summed E-state index contributed by atoms with van der Waals surface area (Å²) in [6.07, 6.45) is 0.226. The lowest BCUT2D eigenvalue weighted by Crippen LogP contribution is -2.48. The first kappa shape index (κ1) is 23.1. The van der Waals surface area contributed by atoms with Crippen LogP contribution in [0.1, 0.15) is 20.9 Å². The van der Waals surface area contributed by atoms with Crippen molar-refractivity contribution in [3.8, 4) is 9.75 Å². The van der Waals surface area contributed by atoms with Gasteiger partial charge in [-0.15, -0.1) is 22.7 Å². The molecule has 0 aliphatic heterocycles. The van der Waals surface area contributed by atoms with Gasteiger partial charge in [0.1, 0.15) is 0 Å². The molecule has 2 heterocycles. The molecule has 3 N–H and O–H groups in total. The second-order valence-electron chi connectivity index (χ2n) is 7.71. The lowest BCUT2D eigenvalue weighted by atomic mass is 10.1. The Labute approximate surface area is 178 Å². The van der Waals surface area contributed by atoms with E-state index in [2.05, 4.69) is 5.32 Å². The van der Waals surface area contributed by atoms with Gasteiger partial charge in [0.2, 0.25) is 5.91 Å². The molecule has 0 radical (unpaired) electrons. The number of quaternary nitrogens is 1. The predicted molar refractivity (Wildman–Crippen MR) is 115 cm³/mol. The summed E-state index contributed by atoms with van der Waals surface area (Å²) in [6.45, 7) is 4.85. The van der Waals surface area contributed by atoms with Crippen molar-refractivity contribution in [2.24, 2.45) is 0 Å². The maximum atomic E-state index is 12.3. The lowest BCUT2D eigenvalue weighted by Gasteiger charge is -2.27. The van der Waals surface area contributed by atoms with Crippen LogP contribution < -0.4 is 5.32 Å². The summed E-state index contributed by atoms with van der Waals surface area (Å²) in [5.41, 5.74) is 1.73. The zero-order chi connectivity index (χ0) is 21.8. The van der Waals surface area contributed by atoms with E-state index in [0.717, 1.165) is 30.6 Å². The number of hydrogen-bond donors (Lipinski definition) is 3.